The molecular weight excluding hydrogens is 212 g/mol. The summed E-state index contributed by atoms with van der Waals surface area (Å²) in [5, 5.41) is 0. The van der Waals surface area contributed by atoms with Gasteiger partial charge < -0.3 is 10.5 Å². The summed E-state index contributed by atoms with van der Waals surface area (Å²) in [5.74, 6) is 0.766. The van der Waals surface area contributed by atoms with Gasteiger partial charge in [-0.25, -0.2) is 0 Å². The van der Waals surface area contributed by atoms with Crippen LogP contribution in [0.15, 0.2) is 0 Å². The molecule has 0 aromatic rings. The molecule has 0 saturated carbocycles. The summed E-state index contributed by atoms with van der Waals surface area (Å²) in [5.41, 5.74) is 5.80. The first kappa shape index (κ1) is 14.9. The van der Waals surface area contributed by atoms with E-state index in [1.54, 1.807) is 0 Å². The average Bonchev–Trinajstić information content (AvgIpc) is 2.14. The third-order valence-corrected chi connectivity index (χ3v) is 3.43. The lowest BCUT2D eigenvalue weighted by molar-refractivity contribution is -0.0887. The predicted octanol–water partition coefficient (Wildman–Crippen LogP) is 2.25. The minimum absolute atomic E-state index is 0.0315. The van der Waals surface area contributed by atoms with Crippen molar-refractivity contribution in [2.24, 2.45) is 11.7 Å². The van der Waals surface area contributed by atoms with Crippen LogP contribution in [0.3, 0.4) is 0 Å². The molecule has 0 aromatic heterocycles. The van der Waals surface area contributed by atoms with Gasteiger partial charge in [0.1, 0.15) is 0 Å². The molecule has 17 heavy (non-hydrogen) atoms. The lowest BCUT2D eigenvalue weighted by Crippen LogP contribution is -2.49. The Morgan fingerprint density at radius 1 is 1.29 bits per heavy atom. The van der Waals surface area contributed by atoms with Crippen LogP contribution in [0.2, 0.25) is 0 Å². The predicted molar refractivity (Wildman–Crippen MR) is 73.1 cm³/mol. The molecule has 1 fully saturated rings. The van der Waals surface area contributed by atoms with E-state index in [4.69, 9.17) is 10.5 Å². The fourth-order valence-corrected chi connectivity index (χ4v) is 2.59. The maximum atomic E-state index is 5.77. The van der Waals surface area contributed by atoms with Crippen LogP contribution in [0.25, 0.3) is 0 Å². The van der Waals surface area contributed by atoms with Gasteiger partial charge in [0.25, 0.3) is 0 Å². The minimum atomic E-state index is 0.0315. The smallest absolute Gasteiger partial charge is 0.0753 e. The van der Waals surface area contributed by atoms with E-state index < -0.39 is 0 Å². The molecule has 102 valence electrons. The highest BCUT2D eigenvalue weighted by molar-refractivity contribution is 4.79. The topological polar surface area (TPSA) is 38.5 Å². The number of hydrogen-bond acceptors (Lipinski definition) is 3. The van der Waals surface area contributed by atoms with E-state index in [0.29, 0.717) is 6.04 Å². The van der Waals surface area contributed by atoms with Crippen LogP contribution < -0.4 is 5.73 Å². The van der Waals surface area contributed by atoms with Crippen molar-refractivity contribution in [3.05, 3.63) is 0 Å². The van der Waals surface area contributed by atoms with Gasteiger partial charge in [-0.3, -0.25) is 4.90 Å². The summed E-state index contributed by atoms with van der Waals surface area (Å²) in [6.45, 7) is 13.0. The highest BCUT2D eigenvalue weighted by atomic mass is 16.5. The van der Waals surface area contributed by atoms with Crippen molar-refractivity contribution in [1.82, 2.24) is 4.90 Å². The van der Waals surface area contributed by atoms with Gasteiger partial charge in [-0.2, -0.15) is 0 Å². The molecule has 0 amide bonds. The van der Waals surface area contributed by atoms with Gasteiger partial charge in [0.05, 0.1) is 12.2 Å². The summed E-state index contributed by atoms with van der Waals surface area (Å²) in [4.78, 5) is 2.54. The van der Waals surface area contributed by atoms with Crippen molar-refractivity contribution in [3.63, 3.8) is 0 Å². The number of nitrogens with zero attached hydrogens (tertiary/aromatic N) is 1. The molecule has 0 aliphatic carbocycles. The number of morpholine rings is 1. The van der Waals surface area contributed by atoms with Crippen LogP contribution in [0.4, 0.5) is 0 Å². The molecule has 0 radical (unpaired) electrons. The third-order valence-electron chi connectivity index (χ3n) is 3.43. The molecule has 0 aromatic carbocycles. The molecule has 3 nitrogen and oxygen atoms in total. The van der Waals surface area contributed by atoms with Gasteiger partial charge in [-0.05, 0) is 39.5 Å². The van der Waals surface area contributed by atoms with E-state index >= 15 is 0 Å². The lowest BCUT2D eigenvalue weighted by atomic mass is 10.00. The highest BCUT2D eigenvalue weighted by Crippen LogP contribution is 2.19. The van der Waals surface area contributed by atoms with E-state index in [0.717, 1.165) is 32.0 Å². The SMILES string of the molecule is CC(N)CCCC(C)CN1CCOC(C)(C)C1. The zero-order valence-corrected chi connectivity index (χ0v) is 12.0. The first-order valence-corrected chi connectivity index (χ1v) is 7.01. The molecule has 3 heteroatoms. The van der Waals surface area contributed by atoms with Crippen LogP contribution in [-0.4, -0.2) is 42.8 Å². The van der Waals surface area contributed by atoms with Crippen molar-refractivity contribution in [2.75, 3.05) is 26.2 Å². The number of ether oxygens (including phenoxy) is 1. The summed E-state index contributed by atoms with van der Waals surface area (Å²) in [6, 6.07) is 0.351. The molecule has 1 saturated heterocycles. The van der Waals surface area contributed by atoms with Crippen molar-refractivity contribution < 1.29 is 4.74 Å². The van der Waals surface area contributed by atoms with Crippen molar-refractivity contribution >= 4 is 0 Å². The second-order valence-corrected chi connectivity index (χ2v) is 6.36. The molecular formula is C14H30N2O. The largest absolute Gasteiger partial charge is 0.373 e. The Kier molecular flexibility index (Phi) is 5.90. The Morgan fingerprint density at radius 3 is 2.59 bits per heavy atom. The first-order valence-electron chi connectivity index (χ1n) is 7.01. The Hall–Kier alpha value is -0.120. The van der Waals surface area contributed by atoms with Gasteiger partial charge in [0.15, 0.2) is 0 Å². The molecule has 2 atom stereocenters. The highest BCUT2D eigenvalue weighted by Gasteiger charge is 2.27. The zero-order valence-electron chi connectivity index (χ0n) is 12.0. The van der Waals surface area contributed by atoms with Crippen molar-refractivity contribution in [2.45, 2.75) is 58.6 Å². The average molecular weight is 242 g/mol. The third kappa shape index (κ3) is 6.39. The van der Waals surface area contributed by atoms with Gasteiger partial charge in [-0.1, -0.05) is 13.3 Å². The molecule has 1 heterocycles. The fraction of sp³-hybridized carbons (Fsp3) is 1.00. The Balaban J connectivity index is 2.19. The number of rotatable bonds is 6. The van der Waals surface area contributed by atoms with E-state index in [-0.39, 0.29) is 5.60 Å². The van der Waals surface area contributed by atoms with Crippen molar-refractivity contribution in [3.8, 4) is 0 Å². The maximum Gasteiger partial charge on any atom is 0.0753 e. The first-order chi connectivity index (χ1) is 7.89. The van der Waals surface area contributed by atoms with E-state index in [2.05, 4.69) is 32.6 Å². The van der Waals surface area contributed by atoms with E-state index in [1.807, 2.05) is 0 Å². The fourth-order valence-electron chi connectivity index (χ4n) is 2.59. The molecule has 0 spiro atoms. The van der Waals surface area contributed by atoms with E-state index in [1.165, 1.54) is 19.4 Å². The van der Waals surface area contributed by atoms with Gasteiger partial charge in [0, 0.05) is 25.7 Å². The van der Waals surface area contributed by atoms with Gasteiger partial charge in [0.2, 0.25) is 0 Å². The zero-order chi connectivity index (χ0) is 12.9. The van der Waals surface area contributed by atoms with Crippen LogP contribution >= 0.6 is 0 Å². The van der Waals surface area contributed by atoms with Crippen LogP contribution in [-0.2, 0) is 4.74 Å². The van der Waals surface area contributed by atoms with Gasteiger partial charge >= 0.3 is 0 Å². The molecule has 1 rings (SSSR count). The standard InChI is InChI=1S/C14H30N2O/c1-12(6-5-7-13(2)15)10-16-8-9-17-14(3,4)11-16/h12-13H,5-11,15H2,1-4H3. The van der Waals surface area contributed by atoms with E-state index in [9.17, 15) is 0 Å². The molecule has 1 aliphatic rings. The lowest BCUT2D eigenvalue weighted by Gasteiger charge is -2.39. The second-order valence-electron chi connectivity index (χ2n) is 6.36. The summed E-state index contributed by atoms with van der Waals surface area (Å²) >= 11 is 0. The number of nitrogens with two attached hydrogens (primary N) is 1. The minimum Gasteiger partial charge on any atom is -0.373 e. The maximum absolute atomic E-state index is 5.77. The second kappa shape index (κ2) is 6.72. The summed E-state index contributed by atoms with van der Waals surface area (Å²) < 4.78 is 5.73. The normalized spacial score (nSPS) is 24.5. The number of hydrogen-bond donors (Lipinski definition) is 1. The Labute approximate surface area is 107 Å². The van der Waals surface area contributed by atoms with Crippen molar-refractivity contribution in [1.29, 1.82) is 0 Å². The quantitative estimate of drug-likeness (QED) is 0.776. The Bertz CT molecular complexity index is 216. The summed E-state index contributed by atoms with van der Waals surface area (Å²) in [6.07, 6.45) is 3.70. The summed E-state index contributed by atoms with van der Waals surface area (Å²) in [7, 11) is 0. The van der Waals surface area contributed by atoms with Crippen LogP contribution in [0.1, 0.15) is 47.0 Å². The van der Waals surface area contributed by atoms with Crippen LogP contribution in [0.5, 0.6) is 0 Å². The monoisotopic (exact) mass is 242 g/mol. The molecule has 2 unspecified atom stereocenters. The molecule has 2 N–H and O–H groups in total. The van der Waals surface area contributed by atoms with Crippen LogP contribution in [0, 0.1) is 5.92 Å². The molecule has 1 aliphatic heterocycles. The Morgan fingerprint density at radius 2 is 2.00 bits per heavy atom. The van der Waals surface area contributed by atoms with Gasteiger partial charge in [-0.15, -0.1) is 0 Å². The molecule has 0 bridgehead atoms.